The lowest BCUT2D eigenvalue weighted by Gasteiger charge is -2.10. The SMILES string of the molecule is O=[N+]([O-])c1cccc(-n2nc3c(c2-c2ccccc2F)CNC3)c1. The van der Waals surface area contributed by atoms with Crippen molar-refractivity contribution in [2.75, 3.05) is 0 Å². The topological polar surface area (TPSA) is 73.0 Å². The number of nitro groups is 1. The molecule has 0 unspecified atom stereocenters. The standard InChI is InChI=1S/C17H13FN4O2/c18-15-7-2-1-6-13(15)17-14-9-19-10-16(14)20-21(17)11-4-3-5-12(8-11)22(23)24/h1-8,19H,9-10H2. The summed E-state index contributed by atoms with van der Waals surface area (Å²) in [6.07, 6.45) is 0. The van der Waals surface area contributed by atoms with Gasteiger partial charge in [0.05, 0.1) is 22.0 Å². The molecule has 0 saturated carbocycles. The molecule has 1 aromatic heterocycles. The lowest BCUT2D eigenvalue weighted by molar-refractivity contribution is -0.384. The Kier molecular flexibility index (Phi) is 3.35. The normalized spacial score (nSPS) is 13.0. The minimum Gasteiger partial charge on any atom is -0.307 e. The summed E-state index contributed by atoms with van der Waals surface area (Å²) in [5.74, 6) is -0.348. The van der Waals surface area contributed by atoms with Crippen LogP contribution < -0.4 is 5.32 Å². The maximum atomic E-state index is 14.4. The van der Waals surface area contributed by atoms with Gasteiger partial charge in [0.2, 0.25) is 0 Å². The van der Waals surface area contributed by atoms with Crippen LogP contribution >= 0.6 is 0 Å². The van der Waals surface area contributed by atoms with Crippen LogP contribution in [0.25, 0.3) is 16.9 Å². The van der Waals surface area contributed by atoms with Gasteiger partial charge in [0.15, 0.2) is 0 Å². The molecule has 3 aromatic rings. The molecule has 0 bridgehead atoms. The van der Waals surface area contributed by atoms with Gasteiger partial charge in [0.1, 0.15) is 5.82 Å². The highest BCUT2D eigenvalue weighted by Gasteiger charge is 2.25. The van der Waals surface area contributed by atoms with Crippen LogP contribution in [0.2, 0.25) is 0 Å². The molecule has 2 aromatic carbocycles. The van der Waals surface area contributed by atoms with Gasteiger partial charge in [-0.15, -0.1) is 0 Å². The fraction of sp³-hybridized carbons (Fsp3) is 0.118. The van der Waals surface area contributed by atoms with E-state index in [9.17, 15) is 14.5 Å². The van der Waals surface area contributed by atoms with Gasteiger partial charge in [-0.3, -0.25) is 10.1 Å². The van der Waals surface area contributed by atoms with Crippen molar-refractivity contribution < 1.29 is 9.31 Å². The van der Waals surface area contributed by atoms with Crippen LogP contribution in [0, 0.1) is 15.9 Å². The zero-order chi connectivity index (χ0) is 16.7. The van der Waals surface area contributed by atoms with E-state index >= 15 is 0 Å². The van der Waals surface area contributed by atoms with Crippen LogP contribution in [0.4, 0.5) is 10.1 Å². The van der Waals surface area contributed by atoms with Crippen molar-refractivity contribution in [1.82, 2.24) is 15.1 Å². The summed E-state index contributed by atoms with van der Waals surface area (Å²) in [6.45, 7) is 1.19. The molecule has 0 radical (unpaired) electrons. The fourth-order valence-corrected chi connectivity index (χ4v) is 2.98. The van der Waals surface area contributed by atoms with E-state index in [1.54, 1.807) is 35.0 Å². The first kappa shape index (κ1) is 14.5. The number of nitrogens with zero attached hydrogens (tertiary/aromatic N) is 3. The largest absolute Gasteiger partial charge is 0.307 e. The molecule has 7 heteroatoms. The number of rotatable bonds is 3. The summed E-state index contributed by atoms with van der Waals surface area (Å²) in [7, 11) is 0. The molecule has 0 atom stereocenters. The predicted molar refractivity (Wildman–Crippen MR) is 86.2 cm³/mol. The van der Waals surface area contributed by atoms with Crippen molar-refractivity contribution in [3.05, 3.63) is 75.7 Å². The summed E-state index contributed by atoms with van der Waals surface area (Å²) >= 11 is 0. The minimum absolute atomic E-state index is 0.0271. The van der Waals surface area contributed by atoms with Gasteiger partial charge in [-0.05, 0) is 18.2 Å². The van der Waals surface area contributed by atoms with E-state index in [4.69, 9.17) is 0 Å². The first-order chi connectivity index (χ1) is 11.6. The molecule has 6 nitrogen and oxygen atoms in total. The number of fused-ring (bicyclic) bond motifs is 1. The Morgan fingerprint density at radius 3 is 2.79 bits per heavy atom. The molecule has 0 amide bonds. The van der Waals surface area contributed by atoms with Crippen molar-refractivity contribution in [2.24, 2.45) is 0 Å². The third-order valence-corrected chi connectivity index (χ3v) is 4.08. The van der Waals surface area contributed by atoms with Gasteiger partial charge < -0.3 is 5.32 Å². The highest BCUT2D eigenvalue weighted by molar-refractivity contribution is 5.68. The third-order valence-electron chi connectivity index (χ3n) is 4.08. The molecule has 0 aliphatic carbocycles. The number of non-ortho nitro benzene ring substituents is 1. The number of hydrogen-bond acceptors (Lipinski definition) is 4. The molecule has 4 rings (SSSR count). The van der Waals surface area contributed by atoms with E-state index in [0.717, 1.165) is 11.3 Å². The lowest BCUT2D eigenvalue weighted by Crippen LogP contribution is -2.08. The van der Waals surface area contributed by atoms with E-state index in [2.05, 4.69) is 10.4 Å². The van der Waals surface area contributed by atoms with E-state index in [1.807, 2.05) is 0 Å². The van der Waals surface area contributed by atoms with Gasteiger partial charge >= 0.3 is 0 Å². The van der Waals surface area contributed by atoms with Crippen LogP contribution in [0.15, 0.2) is 48.5 Å². The van der Waals surface area contributed by atoms with Gasteiger partial charge in [-0.2, -0.15) is 5.10 Å². The van der Waals surface area contributed by atoms with E-state index in [-0.39, 0.29) is 11.5 Å². The number of nitrogens with one attached hydrogen (secondary N) is 1. The Hall–Kier alpha value is -3.06. The third kappa shape index (κ3) is 2.26. The predicted octanol–water partition coefficient (Wildman–Crippen LogP) is 3.19. The maximum Gasteiger partial charge on any atom is 0.271 e. The average Bonchev–Trinajstić information content (AvgIpc) is 3.16. The fourth-order valence-electron chi connectivity index (χ4n) is 2.98. The highest BCUT2D eigenvalue weighted by atomic mass is 19.1. The Labute approximate surface area is 136 Å². The summed E-state index contributed by atoms with van der Waals surface area (Å²) in [4.78, 5) is 10.6. The van der Waals surface area contributed by atoms with Crippen molar-refractivity contribution in [3.8, 4) is 16.9 Å². The van der Waals surface area contributed by atoms with Crippen LogP contribution in [-0.2, 0) is 13.1 Å². The Bertz CT molecular complexity index is 952. The zero-order valence-corrected chi connectivity index (χ0v) is 12.6. The number of hydrogen-bond donors (Lipinski definition) is 1. The smallest absolute Gasteiger partial charge is 0.271 e. The first-order valence-electron chi connectivity index (χ1n) is 7.46. The summed E-state index contributed by atoms with van der Waals surface area (Å²) in [6, 6.07) is 12.7. The lowest BCUT2D eigenvalue weighted by atomic mass is 10.1. The van der Waals surface area contributed by atoms with Crippen LogP contribution in [0.3, 0.4) is 0 Å². The van der Waals surface area contributed by atoms with Crippen LogP contribution in [-0.4, -0.2) is 14.7 Å². The second kappa shape index (κ2) is 5.54. The molecule has 1 aliphatic rings. The Morgan fingerprint density at radius 1 is 1.17 bits per heavy atom. The number of halogens is 1. The van der Waals surface area contributed by atoms with E-state index in [1.165, 1.54) is 18.2 Å². The molecule has 1 N–H and O–H groups in total. The molecule has 1 aliphatic heterocycles. The average molecular weight is 324 g/mol. The first-order valence-corrected chi connectivity index (χ1v) is 7.46. The summed E-state index contributed by atoms with van der Waals surface area (Å²) in [5.41, 5.74) is 3.33. The van der Waals surface area contributed by atoms with Crippen LogP contribution in [0.5, 0.6) is 0 Å². The van der Waals surface area contributed by atoms with Gasteiger partial charge in [-0.25, -0.2) is 9.07 Å². The molecule has 120 valence electrons. The Morgan fingerprint density at radius 2 is 2.00 bits per heavy atom. The van der Waals surface area contributed by atoms with Gasteiger partial charge in [0.25, 0.3) is 5.69 Å². The minimum atomic E-state index is -0.453. The zero-order valence-electron chi connectivity index (χ0n) is 12.6. The summed E-state index contributed by atoms with van der Waals surface area (Å²) in [5, 5.41) is 18.8. The van der Waals surface area contributed by atoms with Crippen molar-refractivity contribution in [1.29, 1.82) is 0 Å². The molecular formula is C17H13FN4O2. The number of aromatic nitrogens is 2. The quantitative estimate of drug-likeness (QED) is 0.593. The molecule has 24 heavy (non-hydrogen) atoms. The summed E-state index contributed by atoms with van der Waals surface area (Å²) < 4.78 is 15.9. The molecule has 0 saturated heterocycles. The van der Waals surface area contributed by atoms with Gasteiger partial charge in [-0.1, -0.05) is 18.2 Å². The number of nitro benzene ring substituents is 1. The highest BCUT2D eigenvalue weighted by Crippen LogP contribution is 2.33. The van der Waals surface area contributed by atoms with Crippen molar-refractivity contribution in [2.45, 2.75) is 13.1 Å². The molecule has 0 fully saturated rings. The molecular weight excluding hydrogens is 311 g/mol. The van der Waals surface area contributed by atoms with Crippen molar-refractivity contribution >= 4 is 5.69 Å². The Balaban J connectivity index is 1.96. The maximum absolute atomic E-state index is 14.4. The van der Waals surface area contributed by atoms with Gasteiger partial charge in [0, 0.05) is 36.3 Å². The second-order valence-corrected chi connectivity index (χ2v) is 5.55. The van der Waals surface area contributed by atoms with E-state index < -0.39 is 4.92 Å². The molecule has 2 heterocycles. The van der Waals surface area contributed by atoms with E-state index in [0.29, 0.717) is 30.0 Å². The number of benzene rings is 2. The van der Waals surface area contributed by atoms with Crippen LogP contribution in [0.1, 0.15) is 11.3 Å². The van der Waals surface area contributed by atoms with Crippen molar-refractivity contribution in [3.63, 3.8) is 0 Å². The monoisotopic (exact) mass is 324 g/mol. The molecule has 0 spiro atoms. The second-order valence-electron chi connectivity index (χ2n) is 5.55.